The fraction of sp³-hybridized carbons (Fsp3) is 0.567. The zero-order chi connectivity index (χ0) is 52.9. The molecule has 0 aliphatic heterocycles. The van der Waals surface area contributed by atoms with E-state index in [2.05, 4.69) is 179 Å². The highest BCUT2D eigenvalue weighted by molar-refractivity contribution is 5.71. The lowest BCUT2D eigenvalue weighted by Gasteiger charge is -2.18. The Kier molecular flexibility index (Phi) is 55.5. The van der Waals surface area contributed by atoms with Crippen LogP contribution in [-0.4, -0.2) is 37.2 Å². The van der Waals surface area contributed by atoms with E-state index < -0.39 is 6.10 Å². The van der Waals surface area contributed by atoms with Gasteiger partial charge >= 0.3 is 17.9 Å². The Balaban J connectivity index is 4.16. The molecule has 0 aromatic rings. The molecule has 0 aromatic heterocycles. The van der Waals surface area contributed by atoms with Crippen molar-refractivity contribution < 1.29 is 28.6 Å². The molecule has 73 heavy (non-hydrogen) atoms. The van der Waals surface area contributed by atoms with Gasteiger partial charge in [-0.05, 0) is 122 Å². The molecule has 0 spiro atoms. The molecule has 408 valence electrons. The molecule has 0 aliphatic carbocycles. The third kappa shape index (κ3) is 57.8. The molecule has 1 unspecified atom stereocenters. The summed E-state index contributed by atoms with van der Waals surface area (Å²) in [5.41, 5.74) is 0. The van der Waals surface area contributed by atoms with Crippen molar-refractivity contribution in [3.05, 3.63) is 158 Å². The van der Waals surface area contributed by atoms with E-state index in [1.54, 1.807) is 0 Å². The molecule has 1 atom stereocenters. The molecule has 6 nitrogen and oxygen atoms in total. The highest BCUT2D eigenvalue weighted by atomic mass is 16.6. The van der Waals surface area contributed by atoms with Gasteiger partial charge in [-0.3, -0.25) is 14.4 Å². The third-order valence-electron chi connectivity index (χ3n) is 11.5. The van der Waals surface area contributed by atoms with Crippen molar-refractivity contribution in [1.29, 1.82) is 0 Å². The third-order valence-corrected chi connectivity index (χ3v) is 11.5. The van der Waals surface area contributed by atoms with Gasteiger partial charge in [0.05, 0.1) is 0 Å². The van der Waals surface area contributed by atoms with Gasteiger partial charge in [-0.1, -0.05) is 243 Å². The first-order chi connectivity index (χ1) is 36.0. The topological polar surface area (TPSA) is 78.9 Å². The van der Waals surface area contributed by atoms with Gasteiger partial charge in [-0.25, -0.2) is 0 Å². The highest BCUT2D eigenvalue weighted by Gasteiger charge is 2.19. The Morgan fingerprint density at radius 2 is 0.548 bits per heavy atom. The first-order valence-corrected chi connectivity index (χ1v) is 29.0. The predicted octanol–water partition coefficient (Wildman–Crippen LogP) is 19.8. The Labute approximate surface area is 448 Å². The van der Waals surface area contributed by atoms with Gasteiger partial charge in [-0.2, -0.15) is 0 Å². The smallest absolute Gasteiger partial charge is 0.306 e. The predicted molar refractivity (Wildman–Crippen MR) is 315 cm³/mol. The Morgan fingerprint density at radius 1 is 0.288 bits per heavy atom. The lowest BCUT2D eigenvalue weighted by Crippen LogP contribution is -2.30. The maximum atomic E-state index is 12.7. The summed E-state index contributed by atoms with van der Waals surface area (Å²) in [5, 5.41) is 0. The lowest BCUT2D eigenvalue weighted by molar-refractivity contribution is -0.167. The van der Waals surface area contributed by atoms with E-state index >= 15 is 0 Å². The molecule has 0 aliphatic rings. The van der Waals surface area contributed by atoms with Gasteiger partial charge < -0.3 is 14.2 Å². The Morgan fingerprint density at radius 3 is 0.877 bits per heavy atom. The fourth-order valence-electron chi connectivity index (χ4n) is 7.26. The van der Waals surface area contributed by atoms with Crippen LogP contribution in [0.5, 0.6) is 0 Å². The molecule has 0 fully saturated rings. The molecule has 6 heteroatoms. The summed E-state index contributed by atoms with van der Waals surface area (Å²) in [7, 11) is 0. The Bertz CT molecular complexity index is 1670. The van der Waals surface area contributed by atoms with Crippen LogP contribution in [-0.2, 0) is 28.6 Å². The number of esters is 3. The van der Waals surface area contributed by atoms with E-state index in [0.29, 0.717) is 19.3 Å². The molecule has 0 heterocycles. The minimum absolute atomic E-state index is 0.110. The van der Waals surface area contributed by atoms with E-state index in [1.807, 2.05) is 0 Å². The summed E-state index contributed by atoms with van der Waals surface area (Å²) in [6.45, 7) is 6.25. The normalized spacial score (nSPS) is 13.3. The summed E-state index contributed by atoms with van der Waals surface area (Å²) in [4.78, 5) is 37.8. The molecule has 0 amide bonds. The molecular weight excluding hydrogens is 901 g/mol. The number of allylic oxidation sites excluding steroid dienone is 26. The van der Waals surface area contributed by atoms with Crippen LogP contribution in [0.4, 0.5) is 0 Å². The van der Waals surface area contributed by atoms with Crippen LogP contribution in [0.25, 0.3) is 0 Å². The summed E-state index contributed by atoms with van der Waals surface area (Å²) in [6, 6.07) is 0. The van der Waals surface area contributed by atoms with Gasteiger partial charge in [0.15, 0.2) is 6.10 Å². The van der Waals surface area contributed by atoms with Crippen LogP contribution in [0.1, 0.15) is 226 Å². The molecule has 0 bridgehead atoms. The largest absolute Gasteiger partial charge is 0.462 e. The molecule has 0 rings (SSSR count). The molecule has 0 saturated carbocycles. The van der Waals surface area contributed by atoms with Gasteiger partial charge in [0.2, 0.25) is 0 Å². The fourth-order valence-corrected chi connectivity index (χ4v) is 7.26. The average molecular weight is 1010 g/mol. The van der Waals surface area contributed by atoms with Crippen molar-refractivity contribution in [2.24, 2.45) is 0 Å². The molecule has 0 aromatic carbocycles. The van der Waals surface area contributed by atoms with Gasteiger partial charge in [0.1, 0.15) is 13.2 Å². The number of unbranched alkanes of at least 4 members (excludes halogenated alkanes) is 13. The first-order valence-electron chi connectivity index (χ1n) is 29.0. The zero-order valence-corrected chi connectivity index (χ0v) is 46.6. The standard InChI is InChI=1S/C67H104O6/c1-4-7-10-13-15-17-19-21-23-25-26-27-28-29-30-31-32-33-34-35-36-37-38-39-40-42-43-45-47-49-51-54-57-60-66(69)72-63-64(62-71-65(68)59-56-53-12-9-6-3)73-67(70)61-58-55-52-50-48-46-44-41-24-22-20-18-16-14-11-8-5-2/h7-8,10-11,15-18,21-24,26-27,29-30,32-33,35-36,38-39,44,46,50,52,64H,4-6,9,12-14,19-20,25,28,31,34,37,40-43,45,47-49,51,53-63H2,1-3H3/b10-7-,11-8-,17-15-,18-16-,23-21-,24-22-,27-26-,30-29-,33-32-,36-35-,39-38-,46-44-,52-50-. The maximum Gasteiger partial charge on any atom is 0.306 e. The number of ether oxygens (including phenoxy) is 3. The molecule has 0 radical (unpaired) electrons. The van der Waals surface area contributed by atoms with Gasteiger partial charge in [0.25, 0.3) is 0 Å². The number of carbonyl (C=O) groups is 3. The van der Waals surface area contributed by atoms with E-state index in [0.717, 1.165) is 148 Å². The van der Waals surface area contributed by atoms with E-state index in [9.17, 15) is 14.4 Å². The maximum absolute atomic E-state index is 12.7. The summed E-state index contributed by atoms with van der Waals surface area (Å²) < 4.78 is 16.6. The van der Waals surface area contributed by atoms with Gasteiger partial charge in [0, 0.05) is 19.3 Å². The zero-order valence-electron chi connectivity index (χ0n) is 46.6. The monoisotopic (exact) mass is 1000 g/mol. The minimum Gasteiger partial charge on any atom is -0.462 e. The minimum atomic E-state index is -0.814. The van der Waals surface area contributed by atoms with Crippen LogP contribution >= 0.6 is 0 Å². The molecular formula is C67H104O6. The number of rotatable bonds is 50. The molecule has 0 saturated heterocycles. The summed E-state index contributed by atoms with van der Waals surface area (Å²) >= 11 is 0. The number of hydrogen-bond acceptors (Lipinski definition) is 6. The number of carbonyl (C=O) groups excluding carboxylic acids is 3. The average Bonchev–Trinajstić information content (AvgIpc) is 3.39. The van der Waals surface area contributed by atoms with Crippen molar-refractivity contribution in [2.75, 3.05) is 13.2 Å². The SMILES string of the molecule is CC/C=C\C/C=C\C/C=C\C/C=C\C/C=C\C/C=C\C/C=C\C/C=C\CCCCCCCCCCC(=O)OCC(COC(=O)CCCCCCC)OC(=O)CCC/C=C\C/C=C\C/C=C\C/C=C\C/C=C\CC. The second kappa shape index (κ2) is 59.6. The van der Waals surface area contributed by atoms with Crippen LogP contribution < -0.4 is 0 Å². The first kappa shape index (κ1) is 68.0. The van der Waals surface area contributed by atoms with Crippen molar-refractivity contribution in [2.45, 2.75) is 232 Å². The van der Waals surface area contributed by atoms with E-state index in [-0.39, 0.29) is 37.5 Å². The van der Waals surface area contributed by atoms with Crippen LogP contribution in [0.2, 0.25) is 0 Å². The second-order valence-corrected chi connectivity index (χ2v) is 18.4. The molecule has 0 N–H and O–H groups in total. The van der Waals surface area contributed by atoms with E-state index in [4.69, 9.17) is 14.2 Å². The van der Waals surface area contributed by atoms with Crippen molar-refractivity contribution in [1.82, 2.24) is 0 Å². The van der Waals surface area contributed by atoms with Crippen LogP contribution in [0, 0.1) is 0 Å². The van der Waals surface area contributed by atoms with Crippen molar-refractivity contribution in [3.8, 4) is 0 Å². The van der Waals surface area contributed by atoms with Gasteiger partial charge in [-0.15, -0.1) is 0 Å². The summed E-state index contributed by atoms with van der Waals surface area (Å²) in [6.07, 6.45) is 87.2. The van der Waals surface area contributed by atoms with E-state index in [1.165, 1.54) is 32.1 Å². The number of hydrogen-bond donors (Lipinski definition) is 0. The van der Waals surface area contributed by atoms with Crippen LogP contribution in [0.15, 0.2) is 158 Å². The Hall–Kier alpha value is -4.97. The lowest BCUT2D eigenvalue weighted by atomic mass is 10.1. The highest BCUT2D eigenvalue weighted by Crippen LogP contribution is 2.13. The second-order valence-electron chi connectivity index (χ2n) is 18.4. The summed E-state index contributed by atoms with van der Waals surface area (Å²) in [5.74, 6) is -1.00. The van der Waals surface area contributed by atoms with Crippen LogP contribution in [0.3, 0.4) is 0 Å². The van der Waals surface area contributed by atoms with Crippen molar-refractivity contribution in [3.63, 3.8) is 0 Å². The quantitative estimate of drug-likeness (QED) is 0.0261. The van der Waals surface area contributed by atoms with Crippen molar-refractivity contribution >= 4 is 17.9 Å².